The number of aliphatic hydroxyl groups excluding tert-OH is 1. The molecule has 166 valence electrons. The number of non-ortho nitro benzene ring substituents is 1. The van der Waals surface area contributed by atoms with Gasteiger partial charge in [0.05, 0.1) is 36.3 Å². The van der Waals surface area contributed by atoms with Crippen molar-refractivity contribution in [1.82, 2.24) is 9.97 Å². The number of rotatable bonds is 5. The summed E-state index contributed by atoms with van der Waals surface area (Å²) >= 11 is 3.64. The fourth-order valence-electron chi connectivity index (χ4n) is 3.73. The van der Waals surface area contributed by atoms with Crippen molar-refractivity contribution in [2.45, 2.75) is 19.9 Å². The lowest BCUT2D eigenvalue weighted by Gasteiger charge is -2.22. The van der Waals surface area contributed by atoms with Gasteiger partial charge < -0.3 is 5.11 Å². The molecule has 0 bridgehead atoms. The molecule has 1 amide bonds. The number of nitro groups is 1. The van der Waals surface area contributed by atoms with Crippen molar-refractivity contribution < 1.29 is 19.6 Å². The number of hydrogen-bond donors (Lipinski definition) is 1. The smallest absolute Gasteiger partial charge is 0.296 e. The summed E-state index contributed by atoms with van der Waals surface area (Å²) in [6.07, 6.45) is 0. The minimum absolute atomic E-state index is 0.0283. The number of thiophene rings is 1. The number of aliphatic hydroxyl groups is 1. The molecular weight excluding hydrogens is 484 g/mol. The van der Waals surface area contributed by atoms with Gasteiger partial charge in [0.1, 0.15) is 6.04 Å². The van der Waals surface area contributed by atoms with Crippen LogP contribution in [0.5, 0.6) is 0 Å². The quantitative estimate of drug-likeness (QED) is 0.230. The number of carbonyl (C=O) groups is 2. The molecule has 1 atom stereocenters. The van der Waals surface area contributed by atoms with E-state index in [0.29, 0.717) is 30.7 Å². The van der Waals surface area contributed by atoms with Crippen LogP contribution in [0.4, 0.5) is 10.8 Å². The topological polar surface area (TPSA) is 127 Å². The molecule has 1 N–H and O–H groups in total. The van der Waals surface area contributed by atoms with Crippen LogP contribution in [-0.4, -0.2) is 31.7 Å². The maximum atomic E-state index is 13.5. The summed E-state index contributed by atoms with van der Waals surface area (Å²) in [5.41, 5.74) is 0.894. The molecule has 0 saturated carbocycles. The van der Waals surface area contributed by atoms with Crippen molar-refractivity contribution >= 4 is 66.7 Å². The first-order chi connectivity index (χ1) is 15.8. The van der Waals surface area contributed by atoms with E-state index in [-0.39, 0.29) is 16.4 Å². The largest absolute Gasteiger partial charge is 0.503 e. The fourth-order valence-corrected chi connectivity index (χ4v) is 6.46. The zero-order chi connectivity index (χ0) is 23.4. The number of carbonyl (C=O) groups excluding carboxylic acids is 2. The van der Waals surface area contributed by atoms with Crippen molar-refractivity contribution in [3.8, 4) is 0 Å². The summed E-state index contributed by atoms with van der Waals surface area (Å²) in [7, 11) is 0. The van der Waals surface area contributed by atoms with Crippen LogP contribution in [-0.2, 0) is 4.79 Å². The van der Waals surface area contributed by atoms with Crippen LogP contribution in [0.1, 0.15) is 31.3 Å². The van der Waals surface area contributed by atoms with Crippen molar-refractivity contribution in [3.05, 3.63) is 77.6 Å². The Morgan fingerprint density at radius 1 is 1.21 bits per heavy atom. The van der Waals surface area contributed by atoms with Crippen LogP contribution in [0.25, 0.3) is 10.2 Å². The number of amides is 1. The van der Waals surface area contributed by atoms with Gasteiger partial charge in [-0.25, -0.2) is 9.97 Å². The standard InChI is InChI=1S/C21H14N4O5S3/c1-9-19(32-10(2)22-9)17(26)15-16(13-4-3-7-31-13)24(20(28)18(15)27)21-23-12-6-5-11(25(29)30)8-14(12)33-21/h3-8,16,27H,1-2H3. The highest BCUT2D eigenvalue weighted by molar-refractivity contribution is 7.22. The van der Waals surface area contributed by atoms with E-state index < -0.39 is 28.4 Å². The lowest BCUT2D eigenvalue weighted by atomic mass is 10.0. The van der Waals surface area contributed by atoms with Gasteiger partial charge >= 0.3 is 0 Å². The Balaban J connectivity index is 1.65. The molecule has 1 aromatic carbocycles. The van der Waals surface area contributed by atoms with Gasteiger partial charge in [-0.2, -0.15) is 0 Å². The average molecular weight is 499 g/mol. The second-order valence-corrected chi connectivity index (χ2v) is 10.4. The third-order valence-corrected chi connectivity index (χ3v) is 8.17. The number of hydrogen-bond acceptors (Lipinski definition) is 10. The predicted octanol–water partition coefficient (Wildman–Crippen LogP) is 5.12. The lowest BCUT2D eigenvalue weighted by molar-refractivity contribution is -0.384. The molecule has 4 aromatic rings. The van der Waals surface area contributed by atoms with Gasteiger partial charge in [-0.05, 0) is 31.4 Å². The van der Waals surface area contributed by atoms with Gasteiger partial charge in [0.25, 0.3) is 11.6 Å². The van der Waals surface area contributed by atoms with Gasteiger partial charge in [-0.15, -0.1) is 22.7 Å². The summed E-state index contributed by atoms with van der Waals surface area (Å²) in [6.45, 7) is 3.50. The molecule has 12 heteroatoms. The van der Waals surface area contributed by atoms with Gasteiger partial charge in [0.15, 0.2) is 10.9 Å². The number of Topliss-reactive ketones (excluding diaryl/α,β-unsaturated/α-hetero) is 1. The monoisotopic (exact) mass is 498 g/mol. The van der Waals surface area contributed by atoms with E-state index in [4.69, 9.17) is 0 Å². The van der Waals surface area contributed by atoms with Crippen molar-refractivity contribution in [2.24, 2.45) is 0 Å². The third-order valence-electron chi connectivity index (χ3n) is 5.15. The zero-order valence-corrected chi connectivity index (χ0v) is 19.6. The summed E-state index contributed by atoms with van der Waals surface area (Å²) < 4.78 is 0.519. The second kappa shape index (κ2) is 7.83. The molecule has 1 unspecified atom stereocenters. The van der Waals surface area contributed by atoms with Crippen molar-refractivity contribution in [3.63, 3.8) is 0 Å². The van der Waals surface area contributed by atoms with Crippen LogP contribution in [0, 0.1) is 24.0 Å². The Bertz CT molecular complexity index is 1480. The summed E-state index contributed by atoms with van der Waals surface area (Å²) in [6, 6.07) is 6.95. The normalized spacial score (nSPS) is 16.2. The molecular formula is C21H14N4O5S3. The Kier molecular flexibility index (Phi) is 5.07. The molecule has 4 heterocycles. The van der Waals surface area contributed by atoms with Crippen LogP contribution in [0.15, 0.2) is 47.0 Å². The number of aryl methyl sites for hydroxylation is 2. The first kappa shape index (κ1) is 21.4. The molecule has 1 aliphatic rings. The number of anilines is 1. The number of thiazole rings is 2. The summed E-state index contributed by atoms with van der Waals surface area (Å²) in [4.78, 5) is 48.5. The van der Waals surface area contributed by atoms with E-state index in [9.17, 15) is 24.8 Å². The lowest BCUT2D eigenvalue weighted by Crippen LogP contribution is -2.30. The number of aromatic nitrogens is 2. The molecule has 9 nitrogen and oxygen atoms in total. The van der Waals surface area contributed by atoms with E-state index in [2.05, 4.69) is 9.97 Å². The Morgan fingerprint density at radius 2 is 2.00 bits per heavy atom. The molecule has 1 aliphatic heterocycles. The van der Waals surface area contributed by atoms with Gasteiger partial charge in [0.2, 0.25) is 5.78 Å². The molecule has 5 rings (SSSR count). The average Bonchev–Trinajstić information content (AvgIpc) is 3.54. The molecule has 0 radical (unpaired) electrons. The minimum Gasteiger partial charge on any atom is -0.503 e. The number of benzene rings is 1. The number of nitro benzene ring substituents is 1. The Labute approximate surface area is 198 Å². The molecule has 0 spiro atoms. The molecule has 0 saturated heterocycles. The van der Waals surface area contributed by atoms with Crippen LogP contribution in [0.3, 0.4) is 0 Å². The second-order valence-electron chi connectivity index (χ2n) is 7.24. The van der Waals surface area contributed by atoms with Crippen LogP contribution < -0.4 is 4.90 Å². The molecule has 33 heavy (non-hydrogen) atoms. The Morgan fingerprint density at radius 3 is 2.64 bits per heavy atom. The number of fused-ring (bicyclic) bond motifs is 1. The first-order valence-corrected chi connectivity index (χ1v) is 12.1. The predicted molar refractivity (Wildman–Crippen MR) is 126 cm³/mol. The fraction of sp³-hybridized carbons (Fsp3) is 0.143. The van der Waals surface area contributed by atoms with Crippen LogP contribution >= 0.6 is 34.0 Å². The van der Waals surface area contributed by atoms with Gasteiger partial charge in [0, 0.05) is 17.0 Å². The zero-order valence-electron chi connectivity index (χ0n) is 17.1. The molecule has 3 aromatic heterocycles. The number of nitrogens with zero attached hydrogens (tertiary/aromatic N) is 4. The highest BCUT2D eigenvalue weighted by Gasteiger charge is 2.47. The first-order valence-electron chi connectivity index (χ1n) is 9.60. The highest BCUT2D eigenvalue weighted by Crippen LogP contribution is 2.46. The summed E-state index contributed by atoms with van der Waals surface area (Å²) in [5.74, 6) is -1.83. The Hall–Kier alpha value is -3.48. The highest BCUT2D eigenvalue weighted by atomic mass is 32.1. The molecule has 0 aliphatic carbocycles. The van der Waals surface area contributed by atoms with Gasteiger partial charge in [-0.1, -0.05) is 17.4 Å². The van der Waals surface area contributed by atoms with E-state index in [1.807, 2.05) is 5.38 Å². The minimum atomic E-state index is -0.873. The number of ketones is 1. The maximum absolute atomic E-state index is 13.5. The third kappa shape index (κ3) is 3.43. The van der Waals surface area contributed by atoms with E-state index in [0.717, 1.165) is 11.3 Å². The van der Waals surface area contributed by atoms with Crippen molar-refractivity contribution in [1.29, 1.82) is 0 Å². The molecule has 0 fully saturated rings. The van der Waals surface area contributed by atoms with E-state index >= 15 is 0 Å². The summed E-state index contributed by atoms with van der Waals surface area (Å²) in [5, 5.41) is 24.7. The van der Waals surface area contributed by atoms with Gasteiger partial charge in [-0.3, -0.25) is 24.6 Å². The SMILES string of the molecule is Cc1nc(C)c(C(=O)C2=C(O)C(=O)N(c3nc4ccc([N+](=O)[O-])cc4s3)C2c2cccs2)s1. The van der Waals surface area contributed by atoms with Crippen molar-refractivity contribution in [2.75, 3.05) is 4.90 Å². The maximum Gasteiger partial charge on any atom is 0.296 e. The van der Waals surface area contributed by atoms with Crippen LogP contribution in [0.2, 0.25) is 0 Å². The van der Waals surface area contributed by atoms with E-state index in [1.54, 1.807) is 26.0 Å². The van der Waals surface area contributed by atoms with E-state index in [1.165, 1.54) is 45.8 Å².